The fourth-order valence-electron chi connectivity index (χ4n) is 1.43. The molecule has 0 unspecified atom stereocenters. The van der Waals surface area contributed by atoms with Crippen LogP contribution >= 0.6 is 11.3 Å². The fraction of sp³-hybridized carbons (Fsp3) is 0.231. The van der Waals surface area contributed by atoms with Crippen LogP contribution in [-0.4, -0.2) is 29.4 Å². The molecule has 1 aromatic carbocycles. The molecule has 1 heterocycles. The zero-order chi connectivity index (χ0) is 13.7. The van der Waals surface area contributed by atoms with Crippen LogP contribution in [0.4, 0.5) is 4.39 Å². The highest BCUT2D eigenvalue weighted by Gasteiger charge is 2.12. The smallest absolute Gasteiger partial charge is 0.260 e. The van der Waals surface area contributed by atoms with Crippen molar-refractivity contribution >= 4 is 17.2 Å². The van der Waals surface area contributed by atoms with Gasteiger partial charge in [-0.2, -0.15) is 0 Å². The molecule has 0 radical (unpaired) electrons. The summed E-state index contributed by atoms with van der Waals surface area (Å²) in [4.78, 5) is 17.4. The van der Waals surface area contributed by atoms with Gasteiger partial charge >= 0.3 is 0 Å². The Bertz CT molecular complexity index is 545. The van der Waals surface area contributed by atoms with Crippen molar-refractivity contribution in [2.24, 2.45) is 0 Å². The van der Waals surface area contributed by atoms with E-state index in [2.05, 4.69) is 4.98 Å². The molecular weight excluding hydrogens is 267 g/mol. The Hall–Kier alpha value is -1.95. The molecule has 0 aliphatic heterocycles. The Morgan fingerprint density at radius 3 is 2.95 bits per heavy atom. The van der Waals surface area contributed by atoms with Crippen LogP contribution in [-0.2, 0) is 11.3 Å². The van der Waals surface area contributed by atoms with Gasteiger partial charge in [-0.15, -0.1) is 11.3 Å². The Morgan fingerprint density at radius 1 is 1.47 bits per heavy atom. The van der Waals surface area contributed by atoms with Gasteiger partial charge in [0, 0.05) is 18.6 Å². The number of rotatable bonds is 5. The maximum atomic E-state index is 13.3. The number of halogens is 1. The van der Waals surface area contributed by atoms with E-state index in [1.807, 2.05) is 5.38 Å². The summed E-state index contributed by atoms with van der Waals surface area (Å²) < 4.78 is 18.4. The molecule has 1 amide bonds. The lowest BCUT2D eigenvalue weighted by molar-refractivity contribution is -0.132. The normalized spacial score (nSPS) is 10.2. The van der Waals surface area contributed by atoms with Crippen LogP contribution in [0.25, 0.3) is 0 Å². The number of thiazole rings is 1. The monoisotopic (exact) mass is 280 g/mol. The first-order valence-corrected chi connectivity index (χ1v) is 6.54. The summed E-state index contributed by atoms with van der Waals surface area (Å²) in [6.45, 7) is 0.236. The maximum absolute atomic E-state index is 13.3. The largest absolute Gasteiger partial charge is 0.481 e. The van der Waals surface area contributed by atoms with Gasteiger partial charge in [-0.05, 0) is 12.1 Å². The standard InChI is InChI=1S/C13H13FN2O2S/c1-16(8-12-15-6-7-19-12)13(17)9-18-11-5-3-2-4-10(11)14/h2-7H,8-9H2,1H3. The van der Waals surface area contributed by atoms with Gasteiger partial charge < -0.3 is 9.64 Å². The van der Waals surface area contributed by atoms with E-state index in [-0.39, 0.29) is 18.3 Å². The SMILES string of the molecule is CN(Cc1nccs1)C(=O)COc1ccccc1F. The molecule has 6 heteroatoms. The molecule has 2 rings (SSSR count). The Morgan fingerprint density at radius 2 is 2.26 bits per heavy atom. The first-order valence-electron chi connectivity index (χ1n) is 5.66. The molecular formula is C13H13FN2O2S. The average Bonchev–Trinajstić information content (AvgIpc) is 2.90. The van der Waals surface area contributed by atoms with Crippen molar-refractivity contribution in [1.82, 2.24) is 9.88 Å². The van der Waals surface area contributed by atoms with Crippen molar-refractivity contribution in [2.75, 3.05) is 13.7 Å². The van der Waals surface area contributed by atoms with Gasteiger partial charge in [0.25, 0.3) is 5.91 Å². The minimum Gasteiger partial charge on any atom is -0.481 e. The molecule has 0 spiro atoms. The van der Waals surface area contributed by atoms with Crippen molar-refractivity contribution in [2.45, 2.75) is 6.54 Å². The minimum absolute atomic E-state index is 0.0819. The number of hydrogen-bond acceptors (Lipinski definition) is 4. The quantitative estimate of drug-likeness (QED) is 0.844. The van der Waals surface area contributed by atoms with Crippen molar-refractivity contribution < 1.29 is 13.9 Å². The van der Waals surface area contributed by atoms with Crippen LogP contribution in [0.1, 0.15) is 5.01 Å². The summed E-state index contributed by atoms with van der Waals surface area (Å²) in [5.41, 5.74) is 0. The molecule has 0 atom stereocenters. The second-order valence-electron chi connectivity index (χ2n) is 3.89. The molecule has 2 aromatic rings. The van der Waals surface area contributed by atoms with E-state index in [0.29, 0.717) is 6.54 Å². The number of benzene rings is 1. The molecule has 19 heavy (non-hydrogen) atoms. The van der Waals surface area contributed by atoms with Crippen molar-refractivity contribution in [1.29, 1.82) is 0 Å². The highest BCUT2D eigenvalue weighted by atomic mass is 32.1. The van der Waals surface area contributed by atoms with E-state index in [4.69, 9.17) is 4.74 Å². The molecule has 0 saturated heterocycles. The number of carbonyl (C=O) groups is 1. The summed E-state index contributed by atoms with van der Waals surface area (Å²) in [5, 5.41) is 2.70. The molecule has 0 N–H and O–H groups in total. The van der Waals surface area contributed by atoms with E-state index in [0.717, 1.165) is 5.01 Å². The number of hydrogen-bond donors (Lipinski definition) is 0. The summed E-state index contributed by atoms with van der Waals surface area (Å²) in [6.07, 6.45) is 1.69. The molecule has 0 aliphatic rings. The molecule has 4 nitrogen and oxygen atoms in total. The van der Waals surface area contributed by atoms with Gasteiger partial charge in [-0.3, -0.25) is 4.79 Å². The first kappa shape index (κ1) is 13.5. The number of amides is 1. The average molecular weight is 280 g/mol. The number of carbonyl (C=O) groups excluding carboxylic acids is 1. The van der Waals surface area contributed by atoms with Gasteiger partial charge in [0.05, 0.1) is 6.54 Å². The minimum atomic E-state index is -0.474. The lowest BCUT2D eigenvalue weighted by atomic mass is 10.3. The second-order valence-corrected chi connectivity index (χ2v) is 4.87. The molecule has 0 aliphatic carbocycles. The second kappa shape index (κ2) is 6.29. The molecule has 0 fully saturated rings. The molecule has 100 valence electrons. The van der Waals surface area contributed by atoms with Crippen LogP contribution < -0.4 is 4.74 Å². The lowest BCUT2D eigenvalue weighted by Gasteiger charge is -2.16. The van der Waals surface area contributed by atoms with Gasteiger partial charge in [-0.1, -0.05) is 12.1 Å². The van der Waals surface area contributed by atoms with E-state index in [1.54, 1.807) is 25.4 Å². The van der Waals surface area contributed by atoms with E-state index in [9.17, 15) is 9.18 Å². The Kier molecular flexibility index (Phi) is 4.46. The van der Waals surface area contributed by atoms with Crippen LogP contribution in [0.2, 0.25) is 0 Å². The van der Waals surface area contributed by atoms with E-state index in [1.165, 1.54) is 28.4 Å². The Labute approximate surface area is 114 Å². The zero-order valence-electron chi connectivity index (χ0n) is 10.4. The van der Waals surface area contributed by atoms with Crippen LogP contribution in [0, 0.1) is 5.82 Å². The summed E-state index contributed by atoms with van der Waals surface area (Å²) in [6, 6.07) is 6.00. The Balaban J connectivity index is 1.86. The highest BCUT2D eigenvalue weighted by Crippen LogP contribution is 2.15. The van der Waals surface area contributed by atoms with Crippen LogP contribution in [0.3, 0.4) is 0 Å². The third-order valence-corrected chi connectivity index (χ3v) is 3.23. The third kappa shape index (κ3) is 3.75. The zero-order valence-corrected chi connectivity index (χ0v) is 11.2. The maximum Gasteiger partial charge on any atom is 0.260 e. The predicted molar refractivity (Wildman–Crippen MR) is 70.5 cm³/mol. The van der Waals surface area contributed by atoms with E-state index < -0.39 is 5.82 Å². The van der Waals surface area contributed by atoms with Crippen molar-refractivity contribution in [3.8, 4) is 5.75 Å². The molecule has 1 aromatic heterocycles. The van der Waals surface area contributed by atoms with Gasteiger partial charge in [0.15, 0.2) is 18.2 Å². The summed E-state index contributed by atoms with van der Waals surface area (Å²) >= 11 is 1.48. The third-order valence-electron chi connectivity index (χ3n) is 2.47. The number of aromatic nitrogens is 1. The number of ether oxygens (including phenoxy) is 1. The van der Waals surface area contributed by atoms with Crippen LogP contribution in [0.15, 0.2) is 35.8 Å². The number of para-hydroxylation sites is 1. The van der Waals surface area contributed by atoms with Gasteiger partial charge in [-0.25, -0.2) is 9.37 Å². The van der Waals surface area contributed by atoms with E-state index >= 15 is 0 Å². The van der Waals surface area contributed by atoms with Gasteiger partial charge in [0.2, 0.25) is 0 Å². The van der Waals surface area contributed by atoms with Crippen molar-refractivity contribution in [3.63, 3.8) is 0 Å². The highest BCUT2D eigenvalue weighted by molar-refractivity contribution is 7.09. The number of nitrogens with zero attached hydrogens (tertiary/aromatic N) is 2. The topological polar surface area (TPSA) is 42.4 Å². The molecule has 0 bridgehead atoms. The number of likely N-dealkylation sites (N-methyl/N-ethyl adjacent to an activating group) is 1. The summed E-state index contributed by atoms with van der Waals surface area (Å²) in [7, 11) is 1.66. The molecule has 0 saturated carbocycles. The fourth-order valence-corrected chi connectivity index (χ4v) is 2.10. The summed E-state index contributed by atoms with van der Waals surface area (Å²) in [5.74, 6) is -0.616. The predicted octanol–water partition coefficient (Wildman–Crippen LogP) is 2.32. The van der Waals surface area contributed by atoms with Crippen molar-refractivity contribution in [3.05, 3.63) is 46.7 Å². The van der Waals surface area contributed by atoms with Gasteiger partial charge in [0.1, 0.15) is 5.01 Å². The lowest BCUT2D eigenvalue weighted by Crippen LogP contribution is -2.31. The first-order chi connectivity index (χ1) is 9.16. The van der Waals surface area contributed by atoms with Crippen LogP contribution in [0.5, 0.6) is 5.75 Å².